The molecule has 0 aromatic carbocycles. The van der Waals surface area contributed by atoms with Crippen LogP contribution in [-0.4, -0.2) is 38.0 Å². The van der Waals surface area contributed by atoms with E-state index in [2.05, 4.69) is 20.8 Å². The summed E-state index contributed by atoms with van der Waals surface area (Å²) in [6.07, 6.45) is 1.34. The van der Waals surface area contributed by atoms with Crippen LogP contribution in [0.3, 0.4) is 0 Å². The van der Waals surface area contributed by atoms with Crippen LogP contribution < -0.4 is 0 Å². The fraction of sp³-hybridized carbons (Fsp3) is 0.929. The van der Waals surface area contributed by atoms with Crippen LogP contribution in [0, 0.1) is 5.92 Å². The Morgan fingerprint density at radius 3 is 2.33 bits per heavy atom. The minimum Gasteiger partial charge on any atom is -0.460 e. The minimum atomic E-state index is -0.188. The molecule has 2 atom stereocenters. The molecule has 0 radical (unpaired) electrons. The molecular formula is C14H28O4. The van der Waals surface area contributed by atoms with Crippen molar-refractivity contribution in [3.63, 3.8) is 0 Å². The van der Waals surface area contributed by atoms with Gasteiger partial charge < -0.3 is 14.2 Å². The van der Waals surface area contributed by atoms with Crippen LogP contribution in [0.1, 0.15) is 47.5 Å². The molecule has 0 fully saturated rings. The molecule has 108 valence electrons. The van der Waals surface area contributed by atoms with Crippen molar-refractivity contribution >= 4 is 5.97 Å². The Balaban J connectivity index is 3.46. The third-order valence-corrected chi connectivity index (χ3v) is 2.69. The number of carbonyl (C=O) groups excluding carboxylic acids is 1. The van der Waals surface area contributed by atoms with E-state index in [-0.39, 0.29) is 18.2 Å². The summed E-state index contributed by atoms with van der Waals surface area (Å²) in [5.74, 6) is 0.359. The van der Waals surface area contributed by atoms with Crippen LogP contribution in [0.25, 0.3) is 0 Å². The molecule has 0 bridgehead atoms. The molecule has 0 aliphatic heterocycles. The van der Waals surface area contributed by atoms with Gasteiger partial charge >= 0.3 is 5.97 Å². The molecule has 0 heterocycles. The average molecular weight is 260 g/mol. The Hall–Kier alpha value is -0.610. The van der Waals surface area contributed by atoms with Crippen molar-refractivity contribution in [3.8, 4) is 0 Å². The van der Waals surface area contributed by atoms with E-state index in [0.29, 0.717) is 32.2 Å². The molecule has 0 aromatic rings. The Labute approximate surface area is 111 Å². The molecule has 0 saturated heterocycles. The van der Waals surface area contributed by atoms with Gasteiger partial charge in [0.15, 0.2) is 0 Å². The van der Waals surface area contributed by atoms with Gasteiger partial charge in [0.25, 0.3) is 0 Å². The van der Waals surface area contributed by atoms with Gasteiger partial charge in [0.05, 0.1) is 25.9 Å². The number of hydrogen-bond acceptors (Lipinski definition) is 4. The van der Waals surface area contributed by atoms with Crippen molar-refractivity contribution in [1.82, 2.24) is 0 Å². The highest BCUT2D eigenvalue weighted by Gasteiger charge is 2.09. The number of ether oxygens (including phenoxy) is 3. The molecular weight excluding hydrogens is 232 g/mol. The number of hydrogen-bond donors (Lipinski definition) is 0. The predicted molar refractivity (Wildman–Crippen MR) is 71.5 cm³/mol. The largest absolute Gasteiger partial charge is 0.460 e. The zero-order valence-electron chi connectivity index (χ0n) is 12.4. The first kappa shape index (κ1) is 17.4. The van der Waals surface area contributed by atoms with E-state index < -0.39 is 0 Å². The van der Waals surface area contributed by atoms with Gasteiger partial charge in [-0.3, -0.25) is 4.79 Å². The Morgan fingerprint density at radius 2 is 1.78 bits per heavy atom. The molecule has 0 aliphatic rings. The SMILES string of the molecule is CCCC(=O)OC(C)COCCOC(C)C(C)C. The van der Waals surface area contributed by atoms with Crippen molar-refractivity contribution in [2.45, 2.75) is 59.7 Å². The highest BCUT2D eigenvalue weighted by atomic mass is 16.6. The van der Waals surface area contributed by atoms with Crippen LogP contribution in [0.15, 0.2) is 0 Å². The number of carbonyl (C=O) groups is 1. The topological polar surface area (TPSA) is 44.8 Å². The van der Waals surface area contributed by atoms with Crippen LogP contribution in [-0.2, 0) is 19.0 Å². The Bertz CT molecular complexity index is 216. The zero-order valence-corrected chi connectivity index (χ0v) is 12.4. The number of rotatable bonds is 10. The lowest BCUT2D eigenvalue weighted by Gasteiger charge is -2.17. The summed E-state index contributed by atoms with van der Waals surface area (Å²) in [5, 5.41) is 0. The molecule has 0 aliphatic carbocycles. The Kier molecular flexibility index (Phi) is 9.98. The first-order chi connectivity index (χ1) is 8.47. The van der Waals surface area contributed by atoms with Gasteiger partial charge in [-0.2, -0.15) is 0 Å². The molecule has 0 amide bonds. The van der Waals surface area contributed by atoms with E-state index in [0.717, 1.165) is 6.42 Å². The summed E-state index contributed by atoms with van der Waals surface area (Å²) >= 11 is 0. The quantitative estimate of drug-likeness (QED) is 0.447. The number of esters is 1. The maximum Gasteiger partial charge on any atom is 0.306 e. The molecule has 2 unspecified atom stereocenters. The fourth-order valence-corrected chi connectivity index (χ4v) is 1.26. The second-order valence-electron chi connectivity index (χ2n) is 4.95. The predicted octanol–water partition coefficient (Wildman–Crippen LogP) is 2.80. The summed E-state index contributed by atoms with van der Waals surface area (Å²) in [7, 11) is 0. The standard InChI is InChI=1S/C14H28O4/c1-6-7-14(15)18-12(4)10-16-8-9-17-13(5)11(2)3/h11-13H,6-10H2,1-5H3. The van der Waals surface area contributed by atoms with E-state index in [1.54, 1.807) is 0 Å². The summed E-state index contributed by atoms with van der Waals surface area (Å²) in [6.45, 7) is 11.6. The lowest BCUT2D eigenvalue weighted by atomic mass is 10.1. The van der Waals surface area contributed by atoms with E-state index >= 15 is 0 Å². The van der Waals surface area contributed by atoms with Gasteiger partial charge in [0.2, 0.25) is 0 Å². The van der Waals surface area contributed by atoms with Gasteiger partial charge in [-0.1, -0.05) is 20.8 Å². The molecule has 0 N–H and O–H groups in total. The molecule has 0 spiro atoms. The second-order valence-corrected chi connectivity index (χ2v) is 4.95. The van der Waals surface area contributed by atoms with Crippen LogP contribution >= 0.6 is 0 Å². The van der Waals surface area contributed by atoms with Gasteiger partial charge in [0, 0.05) is 6.42 Å². The van der Waals surface area contributed by atoms with Crippen LogP contribution in [0.5, 0.6) is 0 Å². The fourth-order valence-electron chi connectivity index (χ4n) is 1.26. The molecule has 4 heteroatoms. The highest BCUT2D eigenvalue weighted by molar-refractivity contribution is 5.69. The average Bonchev–Trinajstić information content (AvgIpc) is 2.28. The summed E-state index contributed by atoms with van der Waals surface area (Å²) < 4.78 is 16.1. The van der Waals surface area contributed by atoms with Crippen molar-refractivity contribution < 1.29 is 19.0 Å². The molecule has 4 nitrogen and oxygen atoms in total. The van der Waals surface area contributed by atoms with E-state index in [1.165, 1.54) is 0 Å². The monoisotopic (exact) mass is 260 g/mol. The third-order valence-electron chi connectivity index (χ3n) is 2.69. The van der Waals surface area contributed by atoms with Crippen molar-refractivity contribution in [3.05, 3.63) is 0 Å². The van der Waals surface area contributed by atoms with Gasteiger partial charge in [-0.15, -0.1) is 0 Å². The molecule has 18 heavy (non-hydrogen) atoms. The normalized spacial score (nSPS) is 14.6. The first-order valence-corrected chi connectivity index (χ1v) is 6.86. The second kappa shape index (κ2) is 10.3. The van der Waals surface area contributed by atoms with Gasteiger partial charge in [0.1, 0.15) is 6.10 Å². The van der Waals surface area contributed by atoms with Gasteiger partial charge in [-0.25, -0.2) is 0 Å². The smallest absolute Gasteiger partial charge is 0.306 e. The summed E-state index contributed by atoms with van der Waals surface area (Å²) in [6, 6.07) is 0. The van der Waals surface area contributed by atoms with Crippen molar-refractivity contribution in [1.29, 1.82) is 0 Å². The van der Waals surface area contributed by atoms with Crippen molar-refractivity contribution in [2.75, 3.05) is 19.8 Å². The van der Waals surface area contributed by atoms with Gasteiger partial charge in [-0.05, 0) is 26.2 Å². The third kappa shape index (κ3) is 9.42. The summed E-state index contributed by atoms with van der Waals surface area (Å²) in [5.41, 5.74) is 0. The molecule has 0 rings (SSSR count). The van der Waals surface area contributed by atoms with Crippen LogP contribution in [0.2, 0.25) is 0 Å². The molecule has 0 aromatic heterocycles. The molecule has 0 saturated carbocycles. The lowest BCUT2D eigenvalue weighted by Crippen LogP contribution is -2.23. The van der Waals surface area contributed by atoms with E-state index in [9.17, 15) is 4.79 Å². The maximum absolute atomic E-state index is 11.2. The lowest BCUT2D eigenvalue weighted by molar-refractivity contribution is -0.151. The van der Waals surface area contributed by atoms with E-state index in [1.807, 2.05) is 13.8 Å². The maximum atomic E-state index is 11.2. The summed E-state index contributed by atoms with van der Waals surface area (Å²) in [4.78, 5) is 11.2. The first-order valence-electron chi connectivity index (χ1n) is 6.86. The Morgan fingerprint density at radius 1 is 1.11 bits per heavy atom. The van der Waals surface area contributed by atoms with Crippen LogP contribution in [0.4, 0.5) is 0 Å². The van der Waals surface area contributed by atoms with E-state index in [4.69, 9.17) is 14.2 Å². The van der Waals surface area contributed by atoms with Crippen molar-refractivity contribution in [2.24, 2.45) is 5.92 Å². The zero-order chi connectivity index (χ0) is 14.0. The minimum absolute atomic E-state index is 0.154. The highest BCUT2D eigenvalue weighted by Crippen LogP contribution is 2.04.